The van der Waals surface area contributed by atoms with E-state index in [-0.39, 0.29) is 11.9 Å². The highest BCUT2D eigenvalue weighted by atomic mass is 16.5. The molecule has 0 aliphatic rings. The van der Waals surface area contributed by atoms with Gasteiger partial charge in [0.25, 0.3) is 5.91 Å². The van der Waals surface area contributed by atoms with Crippen LogP contribution in [0.15, 0.2) is 42.5 Å². The fourth-order valence-electron chi connectivity index (χ4n) is 2.22. The van der Waals surface area contributed by atoms with Gasteiger partial charge in [0.15, 0.2) is 0 Å². The first kappa shape index (κ1) is 16.9. The SMILES string of the molecule is COc1ccc(OC[C@H](C)NC(=O)c2cc(C)ccc2C)cc1. The summed E-state index contributed by atoms with van der Waals surface area (Å²) in [7, 11) is 1.63. The topological polar surface area (TPSA) is 47.6 Å². The van der Waals surface area contributed by atoms with Crippen LogP contribution >= 0.6 is 0 Å². The Morgan fingerprint density at radius 3 is 2.39 bits per heavy atom. The van der Waals surface area contributed by atoms with Gasteiger partial charge in [-0.05, 0) is 56.7 Å². The minimum absolute atomic E-state index is 0.0722. The molecule has 0 radical (unpaired) electrons. The number of carbonyl (C=O) groups is 1. The lowest BCUT2D eigenvalue weighted by molar-refractivity contribution is 0.0926. The molecule has 2 rings (SSSR count). The van der Waals surface area contributed by atoms with Crippen molar-refractivity contribution in [3.05, 3.63) is 59.2 Å². The maximum atomic E-state index is 12.3. The molecule has 0 aliphatic carbocycles. The lowest BCUT2D eigenvalue weighted by Gasteiger charge is -2.16. The zero-order valence-electron chi connectivity index (χ0n) is 14.1. The van der Waals surface area contributed by atoms with Crippen molar-refractivity contribution in [2.75, 3.05) is 13.7 Å². The summed E-state index contributed by atoms with van der Waals surface area (Å²) in [5.41, 5.74) is 2.75. The Kier molecular flexibility index (Phi) is 5.63. The number of nitrogens with one attached hydrogen (secondary N) is 1. The number of ether oxygens (including phenoxy) is 2. The number of benzene rings is 2. The van der Waals surface area contributed by atoms with Crippen LogP contribution in [0.2, 0.25) is 0 Å². The van der Waals surface area contributed by atoms with Crippen LogP contribution in [0.5, 0.6) is 11.5 Å². The molecule has 1 amide bonds. The number of hydrogen-bond acceptors (Lipinski definition) is 3. The van der Waals surface area contributed by atoms with Crippen LogP contribution in [0.1, 0.15) is 28.4 Å². The van der Waals surface area contributed by atoms with E-state index in [2.05, 4.69) is 5.32 Å². The largest absolute Gasteiger partial charge is 0.497 e. The van der Waals surface area contributed by atoms with Crippen molar-refractivity contribution < 1.29 is 14.3 Å². The molecule has 0 aliphatic heterocycles. The van der Waals surface area contributed by atoms with Gasteiger partial charge in [0, 0.05) is 5.56 Å². The molecule has 1 atom stereocenters. The second kappa shape index (κ2) is 7.68. The number of methoxy groups -OCH3 is 1. The molecule has 0 fully saturated rings. The average molecular weight is 313 g/mol. The van der Waals surface area contributed by atoms with Gasteiger partial charge in [-0.2, -0.15) is 0 Å². The molecule has 0 aromatic heterocycles. The maximum absolute atomic E-state index is 12.3. The summed E-state index contributed by atoms with van der Waals surface area (Å²) in [5, 5.41) is 2.97. The molecule has 0 bridgehead atoms. The fraction of sp³-hybridized carbons (Fsp3) is 0.316. The molecule has 0 spiro atoms. The van der Waals surface area contributed by atoms with Gasteiger partial charge in [0.1, 0.15) is 18.1 Å². The molecule has 2 aromatic carbocycles. The smallest absolute Gasteiger partial charge is 0.251 e. The second-order valence-corrected chi connectivity index (χ2v) is 5.68. The first-order chi connectivity index (χ1) is 11.0. The molecule has 2 aromatic rings. The van der Waals surface area contributed by atoms with E-state index < -0.39 is 0 Å². The summed E-state index contributed by atoms with van der Waals surface area (Å²) < 4.78 is 10.8. The highest BCUT2D eigenvalue weighted by Crippen LogP contribution is 2.17. The van der Waals surface area contributed by atoms with Gasteiger partial charge < -0.3 is 14.8 Å². The Morgan fingerprint density at radius 1 is 1.09 bits per heavy atom. The van der Waals surface area contributed by atoms with E-state index in [0.29, 0.717) is 12.2 Å². The third-order valence-electron chi connectivity index (χ3n) is 3.57. The Morgan fingerprint density at radius 2 is 1.74 bits per heavy atom. The van der Waals surface area contributed by atoms with Crippen LogP contribution in [0.25, 0.3) is 0 Å². The molecule has 23 heavy (non-hydrogen) atoms. The van der Waals surface area contributed by atoms with Gasteiger partial charge in [-0.15, -0.1) is 0 Å². The van der Waals surface area contributed by atoms with E-state index >= 15 is 0 Å². The highest BCUT2D eigenvalue weighted by molar-refractivity contribution is 5.96. The zero-order chi connectivity index (χ0) is 16.8. The highest BCUT2D eigenvalue weighted by Gasteiger charge is 2.12. The van der Waals surface area contributed by atoms with E-state index in [0.717, 1.165) is 22.6 Å². The molecule has 4 nitrogen and oxygen atoms in total. The lowest BCUT2D eigenvalue weighted by Crippen LogP contribution is -2.37. The summed E-state index contributed by atoms with van der Waals surface area (Å²) in [6.45, 7) is 6.24. The van der Waals surface area contributed by atoms with Crippen LogP contribution in [0, 0.1) is 13.8 Å². The normalized spacial score (nSPS) is 11.7. The van der Waals surface area contributed by atoms with Crippen molar-refractivity contribution in [3.8, 4) is 11.5 Å². The third-order valence-corrected chi connectivity index (χ3v) is 3.57. The third kappa shape index (κ3) is 4.74. The van der Waals surface area contributed by atoms with E-state index in [9.17, 15) is 4.79 Å². The van der Waals surface area contributed by atoms with Gasteiger partial charge in [0.05, 0.1) is 13.2 Å². The first-order valence-corrected chi connectivity index (χ1v) is 7.64. The summed E-state index contributed by atoms with van der Waals surface area (Å²) in [6, 6.07) is 13.1. The van der Waals surface area contributed by atoms with Crippen LogP contribution in [-0.4, -0.2) is 25.7 Å². The molecule has 1 N–H and O–H groups in total. The molecule has 0 saturated carbocycles. The van der Waals surface area contributed by atoms with Crippen molar-refractivity contribution in [2.45, 2.75) is 26.8 Å². The van der Waals surface area contributed by atoms with E-state index in [4.69, 9.17) is 9.47 Å². The molecule has 0 unspecified atom stereocenters. The van der Waals surface area contributed by atoms with E-state index in [1.165, 1.54) is 0 Å². The quantitative estimate of drug-likeness (QED) is 0.888. The average Bonchev–Trinajstić information content (AvgIpc) is 2.55. The maximum Gasteiger partial charge on any atom is 0.251 e. The summed E-state index contributed by atoms with van der Waals surface area (Å²) in [5.74, 6) is 1.46. The van der Waals surface area contributed by atoms with Crippen molar-refractivity contribution in [1.82, 2.24) is 5.32 Å². The minimum Gasteiger partial charge on any atom is -0.497 e. The second-order valence-electron chi connectivity index (χ2n) is 5.68. The number of amides is 1. The molecular formula is C19H23NO3. The Balaban J connectivity index is 1.89. The van der Waals surface area contributed by atoms with Gasteiger partial charge >= 0.3 is 0 Å². The van der Waals surface area contributed by atoms with Crippen LogP contribution in [0.4, 0.5) is 0 Å². The molecule has 4 heteroatoms. The predicted octanol–water partition coefficient (Wildman–Crippen LogP) is 3.51. The van der Waals surface area contributed by atoms with Crippen molar-refractivity contribution >= 4 is 5.91 Å². The van der Waals surface area contributed by atoms with Gasteiger partial charge in [0.2, 0.25) is 0 Å². The standard InChI is InChI=1S/C19H23NO3/c1-13-5-6-14(2)18(11-13)19(21)20-15(3)12-23-17-9-7-16(22-4)8-10-17/h5-11,15H,12H2,1-4H3,(H,20,21)/t15-/m0/s1. The zero-order valence-corrected chi connectivity index (χ0v) is 14.1. The first-order valence-electron chi connectivity index (χ1n) is 7.64. The molecule has 122 valence electrons. The van der Waals surface area contributed by atoms with Crippen LogP contribution in [-0.2, 0) is 0 Å². The van der Waals surface area contributed by atoms with Gasteiger partial charge in [-0.1, -0.05) is 17.7 Å². The van der Waals surface area contributed by atoms with Crippen molar-refractivity contribution in [1.29, 1.82) is 0 Å². The van der Waals surface area contributed by atoms with Crippen LogP contribution in [0.3, 0.4) is 0 Å². The number of carbonyl (C=O) groups excluding carboxylic acids is 1. The Hall–Kier alpha value is -2.49. The number of hydrogen-bond donors (Lipinski definition) is 1. The van der Waals surface area contributed by atoms with Gasteiger partial charge in [-0.3, -0.25) is 4.79 Å². The van der Waals surface area contributed by atoms with E-state index in [1.54, 1.807) is 7.11 Å². The number of aryl methyl sites for hydroxylation is 2. The molecule has 0 heterocycles. The lowest BCUT2D eigenvalue weighted by atomic mass is 10.0. The van der Waals surface area contributed by atoms with E-state index in [1.807, 2.05) is 63.2 Å². The van der Waals surface area contributed by atoms with Crippen molar-refractivity contribution in [3.63, 3.8) is 0 Å². The monoisotopic (exact) mass is 313 g/mol. The summed E-state index contributed by atoms with van der Waals surface area (Å²) >= 11 is 0. The molecule has 0 saturated heterocycles. The summed E-state index contributed by atoms with van der Waals surface area (Å²) in [6.07, 6.45) is 0. The Labute approximate surface area is 137 Å². The fourth-order valence-corrected chi connectivity index (χ4v) is 2.22. The van der Waals surface area contributed by atoms with Crippen LogP contribution < -0.4 is 14.8 Å². The van der Waals surface area contributed by atoms with Crippen molar-refractivity contribution in [2.24, 2.45) is 0 Å². The summed E-state index contributed by atoms with van der Waals surface area (Å²) in [4.78, 5) is 12.3. The minimum atomic E-state index is -0.0930. The molecular weight excluding hydrogens is 290 g/mol. The van der Waals surface area contributed by atoms with Gasteiger partial charge in [-0.25, -0.2) is 0 Å². The predicted molar refractivity (Wildman–Crippen MR) is 91.3 cm³/mol. The Bertz CT molecular complexity index is 665. The number of rotatable bonds is 6.